The topological polar surface area (TPSA) is 47.6 Å². The van der Waals surface area contributed by atoms with Crippen molar-refractivity contribution in [3.63, 3.8) is 0 Å². The van der Waals surface area contributed by atoms with Crippen molar-refractivity contribution in [3.05, 3.63) is 12.2 Å². The number of ether oxygens (including phenoxy) is 2. The highest BCUT2D eigenvalue weighted by atomic mass is 16.5. The van der Waals surface area contributed by atoms with E-state index in [0.717, 1.165) is 25.7 Å². The molecule has 0 saturated heterocycles. The van der Waals surface area contributed by atoms with Crippen LogP contribution < -0.4 is 5.32 Å². The molecule has 1 amide bonds. The van der Waals surface area contributed by atoms with Crippen LogP contribution in [0.5, 0.6) is 0 Å². The van der Waals surface area contributed by atoms with Gasteiger partial charge in [0.05, 0.1) is 13.2 Å². The fraction of sp³-hybridized carbons (Fsp3) is 0.769. The third kappa shape index (κ3) is 6.44. The second-order valence-corrected chi connectivity index (χ2v) is 4.23. The normalized spacial score (nSPS) is 19.2. The van der Waals surface area contributed by atoms with Crippen molar-refractivity contribution in [1.29, 1.82) is 0 Å². The highest BCUT2D eigenvalue weighted by Crippen LogP contribution is 2.17. The molecule has 0 saturated carbocycles. The van der Waals surface area contributed by atoms with Gasteiger partial charge < -0.3 is 14.8 Å². The fourth-order valence-corrected chi connectivity index (χ4v) is 1.81. The average Bonchev–Trinajstić information content (AvgIpc) is 2.38. The fourth-order valence-electron chi connectivity index (χ4n) is 1.81. The number of nitrogens with one attached hydrogen (secondary N) is 1. The molecule has 1 N–H and O–H groups in total. The second-order valence-electron chi connectivity index (χ2n) is 4.23. The Morgan fingerprint density at radius 3 is 2.94 bits per heavy atom. The van der Waals surface area contributed by atoms with Crippen LogP contribution in [0.2, 0.25) is 0 Å². The zero-order chi connectivity index (χ0) is 12.3. The molecule has 1 rings (SSSR count). The number of carbonyl (C=O) groups is 1. The summed E-state index contributed by atoms with van der Waals surface area (Å²) >= 11 is 0. The Morgan fingerprint density at radius 1 is 1.35 bits per heavy atom. The molecule has 0 aliphatic heterocycles. The lowest BCUT2D eigenvalue weighted by Gasteiger charge is -2.17. The van der Waals surface area contributed by atoms with Crippen LogP contribution in [0.4, 0.5) is 0 Å². The van der Waals surface area contributed by atoms with E-state index in [1.165, 1.54) is 0 Å². The van der Waals surface area contributed by atoms with E-state index in [0.29, 0.717) is 26.4 Å². The molecular weight excluding hydrogens is 218 g/mol. The lowest BCUT2D eigenvalue weighted by Crippen LogP contribution is -2.32. The smallest absolute Gasteiger partial charge is 0.223 e. The van der Waals surface area contributed by atoms with Gasteiger partial charge in [-0.1, -0.05) is 12.2 Å². The first-order valence-corrected chi connectivity index (χ1v) is 6.34. The zero-order valence-electron chi connectivity index (χ0n) is 10.6. The number of allylic oxidation sites excluding steroid dienone is 2. The Kier molecular flexibility index (Phi) is 7.67. The van der Waals surface area contributed by atoms with E-state index < -0.39 is 0 Å². The van der Waals surface area contributed by atoms with Gasteiger partial charge in [-0.3, -0.25) is 4.79 Å². The maximum absolute atomic E-state index is 11.7. The lowest BCUT2D eigenvalue weighted by atomic mass is 9.94. The summed E-state index contributed by atoms with van der Waals surface area (Å²) in [7, 11) is 1.65. The summed E-state index contributed by atoms with van der Waals surface area (Å²) in [6.07, 6.45) is 7.99. The van der Waals surface area contributed by atoms with Gasteiger partial charge in [0, 0.05) is 26.2 Å². The van der Waals surface area contributed by atoms with Gasteiger partial charge in [0.25, 0.3) is 0 Å². The first-order valence-electron chi connectivity index (χ1n) is 6.34. The maximum Gasteiger partial charge on any atom is 0.223 e. The van der Waals surface area contributed by atoms with E-state index in [2.05, 4.69) is 17.5 Å². The molecular formula is C13H23NO3. The standard InChI is InChI=1S/C13H23NO3/c1-16-10-11-17-9-5-8-14-13(15)12-6-3-2-4-7-12/h2-3,12H,4-11H2,1H3,(H,14,15). The van der Waals surface area contributed by atoms with Crippen LogP contribution in [-0.2, 0) is 14.3 Å². The van der Waals surface area contributed by atoms with E-state index >= 15 is 0 Å². The Labute approximate surface area is 103 Å². The Bertz CT molecular complexity index is 241. The number of hydrogen-bond donors (Lipinski definition) is 1. The third-order valence-electron chi connectivity index (χ3n) is 2.84. The molecule has 0 aromatic rings. The van der Waals surface area contributed by atoms with E-state index in [1.807, 2.05) is 0 Å². The van der Waals surface area contributed by atoms with Crippen molar-refractivity contribution in [3.8, 4) is 0 Å². The van der Waals surface area contributed by atoms with Gasteiger partial charge in [-0.2, -0.15) is 0 Å². The molecule has 0 aromatic carbocycles. The van der Waals surface area contributed by atoms with E-state index in [1.54, 1.807) is 7.11 Å². The molecule has 4 nitrogen and oxygen atoms in total. The van der Waals surface area contributed by atoms with Crippen LogP contribution in [0.1, 0.15) is 25.7 Å². The molecule has 1 atom stereocenters. The summed E-state index contributed by atoms with van der Waals surface area (Å²) in [5, 5.41) is 2.96. The van der Waals surface area contributed by atoms with Crippen molar-refractivity contribution in [2.75, 3.05) is 33.5 Å². The monoisotopic (exact) mass is 241 g/mol. The molecule has 17 heavy (non-hydrogen) atoms. The lowest BCUT2D eigenvalue weighted by molar-refractivity contribution is -0.125. The summed E-state index contributed by atoms with van der Waals surface area (Å²) in [5.74, 6) is 0.362. The molecule has 98 valence electrons. The third-order valence-corrected chi connectivity index (χ3v) is 2.84. The number of carbonyl (C=O) groups excluding carboxylic acids is 1. The highest BCUT2D eigenvalue weighted by Gasteiger charge is 2.17. The van der Waals surface area contributed by atoms with Crippen LogP contribution >= 0.6 is 0 Å². The van der Waals surface area contributed by atoms with Crippen LogP contribution in [0.3, 0.4) is 0 Å². The Morgan fingerprint density at radius 2 is 2.24 bits per heavy atom. The molecule has 4 heteroatoms. The van der Waals surface area contributed by atoms with Gasteiger partial charge in [-0.25, -0.2) is 0 Å². The summed E-state index contributed by atoms with van der Waals surface area (Å²) < 4.78 is 10.2. The van der Waals surface area contributed by atoms with Crippen molar-refractivity contribution < 1.29 is 14.3 Å². The Balaban J connectivity index is 1.95. The van der Waals surface area contributed by atoms with Crippen LogP contribution in [0.15, 0.2) is 12.2 Å². The molecule has 0 radical (unpaired) electrons. The van der Waals surface area contributed by atoms with Crippen molar-refractivity contribution in [2.24, 2.45) is 5.92 Å². The largest absolute Gasteiger partial charge is 0.382 e. The highest BCUT2D eigenvalue weighted by molar-refractivity contribution is 5.78. The maximum atomic E-state index is 11.7. The number of methoxy groups -OCH3 is 1. The van der Waals surface area contributed by atoms with Gasteiger partial charge in [0.15, 0.2) is 0 Å². The molecule has 0 fully saturated rings. The predicted octanol–water partition coefficient (Wildman–Crippen LogP) is 1.51. The van der Waals surface area contributed by atoms with Crippen LogP contribution in [-0.4, -0.2) is 39.4 Å². The van der Waals surface area contributed by atoms with Crippen molar-refractivity contribution in [1.82, 2.24) is 5.32 Å². The molecule has 1 unspecified atom stereocenters. The van der Waals surface area contributed by atoms with Crippen LogP contribution in [0.25, 0.3) is 0 Å². The molecule has 0 bridgehead atoms. The number of hydrogen-bond acceptors (Lipinski definition) is 3. The average molecular weight is 241 g/mol. The van der Waals surface area contributed by atoms with Crippen molar-refractivity contribution in [2.45, 2.75) is 25.7 Å². The van der Waals surface area contributed by atoms with Gasteiger partial charge in [-0.15, -0.1) is 0 Å². The second kappa shape index (κ2) is 9.19. The summed E-state index contributed by atoms with van der Waals surface area (Å²) in [5.41, 5.74) is 0. The summed E-state index contributed by atoms with van der Waals surface area (Å²) in [6, 6.07) is 0. The number of amides is 1. The van der Waals surface area contributed by atoms with Gasteiger partial charge in [0.1, 0.15) is 0 Å². The first-order chi connectivity index (χ1) is 8.34. The van der Waals surface area contributed by atoms with E-state index in [9.17, 15) is 4.79 Å². The molecule has 0 spiro atoms. The minimum absolute atomic E-state index is 0.175. The number of rotatable bonds is 8. The van der Waals surface area contributed by atoms with Gasteiger partial charge >= 0.3 is 0 Å². The van der Waals surface area contributed by atoms with E-state index in [4.69, 9.17) is 9.47 Å². The minimum Gasteiger partial charge on any atom is -0.382 e. The summed E-state index contributed by atoms with van der Waals surface area (Å²) in [6.45, 7) is 2.62. The van der Waals surface area contributed by atoms with Gasteiger partial charge in [0.2, 0.25) is 5.91 Å². The quantitative estimate of drug-likeness (QED) is 0.517. The predicted molar refractivity (Wildman–Crippen MR) is 66.8 cm³/mol. The molecule has 0 heterocycles. The van der Waals surface area contributed by atoms with Crippen LogP contribution in [0, 0.1) is 5.92 Å². The zero-order valence-corrected chi connectivity index (χ0v) is 10.6. The molecule has 1 aliphatic carbocycles. The summed E-state index contributed by atoms with van der Waals surface area (Å²) in [4.78, 5) is 11.7. The molecule has 1 aliphatic rings. The minimum atomic E-state index is 0.175. The van der Waals surface area contributed by atoms with Gasteiger partial charge in [-0.05, 0) is 25.7 Å². The SMILES string of the molecule is COCCOCCCNC(=O)C1CC=CCC1. The van der Waals surface area contributed by atoms with Crippen molar-refractivity contribution >= 4 is 5.91 Å². The first kappa shape index (κ1) is 14.2. The Hall–Kier alpha value is -0.870. The molecule has 0 aromatic heterocycles. The van der Waals surface area contributed by atoms with E-state index in [-0.39, 0.29) is 11.8 Å².